The van der Waals surface area contributed by atoms with E-state index >= 15 is 0 Å². The zero-order valence-corrected chi connectivity index (χ0v) is 13.6. The number of benzene rings is 2. The van der Waals surface area contributed by atoms with E-state index in [1.807, 2.05) is 24.4 Å². The molecule has 2 heterocycles. The summed E-state index contributed by atoms with van der Waals surface area (Å²) >= 11 is 0. The molecule has 0 bridgehead atoms. The van der Waals surface area contributed by atoms with Crippen molar-refractivity contribution in [2.24, 2.45) is 0 Å². The fourth-order valence-electron chi connectivity index (χ4n) is 2.85. The Hall–Kier alpha value is -3.74. The number of amides is 3. The van der Waals surface area contributed by atoms with Crippen molar-refractivity contribution in [2.45, 2.75) is 0 Å². The number of aromatic nitrogens is 2. The molecular weight excluding hydrogens is 332 g/mol. The largest absolute Gasteiger partial charge is 0.325 e. The van der Waals surface area contributed by atoms with Crippen LogP contribution in [0.3, 0.4) is 0 Å². The second kappa shape index (κ2) is 6.29. The first-order valence-corrected chi connectivity index (χ1v) is 7.98. The molecule has 7 nitrogen and oxygen atoms in total. The summed E-state index contributed by atoms with van der Waals surface area (Å²) in [5.74, 6) is -1.34. The third-order valence-electron chi connectivity index (χ3n) is 4.10. The van der Waals surface area contributed by atoms with Gasteiger partial charge < -0.3 is 5.32 Å². The van der Waals surface area contributed by atoms with Gasteiger partial charge in [-0.05, 0) is 42.5 Å². The van der Waals surface area contributed by atoms with Crippen LogP contribution >= 0.6 is 0 Å². The molecule has 0 spiro atoms. The van der Waals surface area contributed by atoms with Gasteiger partial charge in [-0.15, -0.1) is 0 Å². The van der Waals surface area contributed by atoms with E-state index in [9.17, 15) is 14.4 Å². The molecule has 0 fully saturated rings. The Morgan fingerprint density at radius 1 is 0.923 bits per heavy atom. The van der Waals surface area contributed by atoms with Crippen molar-refractivity contribution in [1.29, 1.82) is 0 Å². The van der Waals surface area contributed by atoms with Gasteiger partial charge in [0.25, 0.3) is 11.8 Å². The number of carbonyl (C=O) groups excluding carboxylic acids is 3. The van der Waals surface area contributed by atoms with E-state index in [0.717, 1.165) is 10.6 Å². The minimum Gasteiger partial charge on any atom is -0.325 e. The summed E-state index contributed by atoms with van der Waals surface area (Å²) in [4.78, 5) is 37.8. The highest BCUT2D eigenvalue weighted by Gasteiger charge is 2.36. The Bertz CT molecular complexity index is 959. The van der Waals surface area contributed by atoms with Crippen LogP contribution in [0.1, 0.15) is 20.7 Å². The van der Waals surface area contributed by atoms with Gasteiger partial charge in [0.1, 0.15) is 6.54 Å². The maximum absolute atomic E-state index is 12.3. The van der Waals surface area contributed by atoms with Gasteiger partial charge in [-0.2, -0.15) is 5.10 Å². The minimum absolute atomic E-state index is 0.326. The van der Waals surface area contributed by atoms with Crippen LogP contribution in [0.25, 0.3) is 5.69 Å². The van der Waals surface area contributed by atoms with Crippen LogP contribution in [-0.4, -0.2) is 38.9 Å². The van der Waals surface area contributed by atoms with Crippen molar-refractivity contribution < 1.29 is 14.4 Å². The molecule has 0 radical (unpaired) electrons. The highest BCUT2D eigenvalue weighted by atomic mass is 16.2. The molecule has 2 aromatic carbocycles. The molecule has 1 aromatic heterocycles. The number of anilines is 1. The Morgan fingerprint density at radius 2 is 1.58 bits per heavy atom. The van der Waals surface area contributed by atoms with Crippen molar-refractivity contribution >= 4 is 23.4 Å². The molecule has 1 N–H and O–H groups in total. The summed E-state index contributed by atoms with van der Waals surface area (Å²) < 4.78 is 1.70. The summed E-state index contributed by atoms with van der Waals surface area (Å²) in [5.41, 5.74) is 2.08. The Kier molecular flexibility index (Phi) is 3.81. The molecule has 0 saturated heterocycles. The minimum atomic E-state index is -0.449. The van der Waals surface area contributed by atoms with Crippen LogP contribution in [0.4, 0.5) is 5.69 Å². The number of imide groups is 1. The topological polar surface area (TPSA) is 84.3 Å². The third-order valence-corrected chi connectivity index (χ3v) is 4.10. The zero-order chi connectivity index (χ0) is 18.1. The lowest BCUT2D eigenvalue weighted by Crippen LogP contribution is -2.37. The van der Waals surface area contributed by atoms with Gasteiger partial charge in [0.2, 0.25) is 5.91 Å². The van der Waals surface area contributed by atoms with Gasteiger partial charge in [-0.3, -0.25) is 19.3 Å². The Labute approximate surface area is 148 Å². The Balaban J connectivity index is 1.43. The fraction of sp³-hybridized carbons (Fsp3) is 0.0526. The zero-order valence-electron chi connectivity index (χ0n) is 13.6. The molecule has 3 aromatic rings. The van der Waals surface area contributed by atoms with E-state index in [-0.39, 0.29) is 6.54 Å². The van der Waals surface area contributed by atoms with Crippen molar-refractivity contribution in [1.82, 2.24) is 14.7 Å². The van der Waals surface area contributed by atoms with Gasteiger partial charge in [0, 0.05) is 18.1 Å². The highest BCUT2D eigenvalue weighted by molar-refractivity contribution is 6.22. The van der Waals surface area contributed by atoms with Crippen molar-refractivity contribution in [2.75, 3.05) is 11.9 Å². The van der Waals surface area contributed by atoms with Crippen LogP contribution in [0.5, 0.6) is 0 Å². The smallest absolute Gasteiger partial charge is 0.262 e. The Morgan fingerprint density at radius 3 is 2.15 bits per heavy atom. The second-order valence-electron chi connectivity index (χ2n) is 5.79. The molecule has 1 aliphatic heterocycles. The quantitative estimate of drug-likeness (QED) is 0.733. The molecule has 0 saturated carbocycles. The van der Waals surface area contributed by atoms with Gasteiger partial charge in [-0.1, -0.05) is 12.1 Å². The van der Waals surface area contributed by atoms with Crippen molar-refractivity contribution in [3.05, 3.63) is 78.1 Å². The third kappa shape index (κ3) is 2.75. The number of fused-ring (bicyclic) bond motifs is 1. The van der Waals surface area contributed by atoms with Crippen molar-refractivity contribution in [3.8, 4) is 5.69 Å². The van der Waals surface area contributed by atoms with Crippen LogP contribution in [-0.2, 0) is 4.79 Å². The first kappa shape index (κ1) is 15.8. The van der Waals surface area contributed by atoms with Crippen LogP contribution in [0.2, 0.25) is 0 Å². The van der Waals surface area contributed by atoms with E-state index in [1.54, 1.807) is 47.3 Å². The van der Waals surface area contributed by atoms with Crippen LogP contribution < -0.4 is 5.32 Å². The van der Waals surface area contributed by atoms with E-state index in [1.165, 1.54) is 0 Å². The van der Waals surface area contributed by atoms with Crippen LogP contribution in [0, 0.1) is 0 Å². The normalized spacial score (nSPS) is 13.0. The van der Waals surface area contributed by atoms with Gasteiger partial charge in [-0.25, -0.2) is 4.68 Å². The molecule has 3 amide bonds. The molecular formula is C19H14N4O3. The number of nitrogens with one attached hydrogen (secondary N) is 1. The monoisotopic (exact) mass is 346 g/mol. The fourth-order valence-corrected chi connectivity index (χ4v) is 2.85. The van der Waals surface area contributed by atoms with Gasteiger partial charge >= 0.3 is 0 Å². The molecule has 4 rings (SSSR count). The van der Waals surface area contributed by atoms with Crippen LogP contribution in [0.15, 0.2) is 67.0 Å². The average Bonchev–Trinajstić information content (AvgIpc) is 3.27. The summed E-state index contributed by atoms with van der Waals surface area (Å²) in [6.45, 7) is -0.326. The molecule has 0 atom stereocenters. The van der Waals surface area contributed by atoms with E-state index < -0.39 is 17.7 Å². The predicted molar refractivity (Wildman–Crippen MR) is 94.0 cm³/mol. The SMILES string of the molecule is O=C(CN1C(=O)c2ccccc2C1=O)Nc1ccc(-n2cccn2)cc1. The van der Waals surface area contributed by atoms with Gasteiger partial charge in [0.15, 0.2) is 0 Å². The van der Waals surface area contributed by atoms with E-state index in [0.29, 0.717) is 16.8 Å². The first-order chi connectivity index (χ1) is 12.6. The molecule has 0 unspecified atom stereocenters. The number of hydrogen-bond acceptors (Lipinski definition) is 4. The maximum atomic E-state index is 12.3. The van der Waals surface area contributed by atoms with E-state index in [4.69, 9.17) is 0 Å². The summed E-state index contributed by atoms with van der Waals surface area (Å²) in [5, 5.41) is 6.82. The van der Waals surface area contributed by atoms with Gasteiger partial charge in [0.05, 0.1) is 16.8 Å². The standard InChI is InChI=1S/C19H14N4O3/c24-17(12-22-18(25)15-4-1-2-5-16(15)19(22)26)21-13-6-8-14(9-7-13)23-11-3-10-20-23/h1-11H,12H2,(H,21,24). The van der Waals surface area contributed by atoms with Crippen molar-refractivity contribution in [3.63, 3.8) is 0 Å². The molecule has 26 heavy (non-hydrogen) atoms. The number of carbonyl (C=O) groups is 3. The summed E-state index contributed by atoms with van der Waals surface area (Å²) in [6, 6.07) is 15.5. The highest BCUT2D eigenvalue weighted by Crippen LogP contribution is 2.22. The first-order valence-electron chi connectivity index (χ1n) is 7.98. The summed E-state index contributed by atoms with van der Waals surface area (Å²) in [7, 11) is 0. The molecule has 7 heteroatoms. The predicted octanol–water partition coefficient (Wildman–Crippen LogP) is 2.11. The average molecular weight is 346 g/mol. The maximum Gasteiger partial charge on any atom is 0.262 e. The molecule has 0 aliphatic carbocycles. The molecule has 128 valence electrons. The summed E-state index contributed by atoms with van der Waals surface area (Å²) in [6.07, 6.45) is 3.49. The lowest BCUT2D eigenvalue weighted by atomic mass is 10.1. The number of hydrogen-bond donors (Lipinski definition) is 1. The number of rotatable bonds is 4. The van der Waals surface area contributed by atoms with E-state index in [2.05, 4.69) is 10.4 Å². The lowest BCUT2D eigenvalue weighted by Gasteiger charge is -2.13. The number of nitrogens with zero attached hydrogens (tertiary/aromatic N) is 3. The lowest BCUT2D eigenvalue weighted by molar-refractivity contribution is -0.116. The molecule has 1 aliphatic rings. The second-order valence-corrected chi connectivity index (χ2v) is 5.79.